The van der Waals surface area contributed by atoms with Crippen LogP contribution in [-0.4, -0.2) is 85.7 Å². The predicted octanol–water partition coefficient (Wildman–Crippen LogP) is 1.29. The number of urea groups is 1. The van der Waals surface area contributed by atoms with Gasteiger partial charge in [-0.3, -0.25) is 9.69 Å². The number of benzene rings is 1. The molecule has 3 saturated heterocycles. The zero-order chi connectivity index (χ0) is 20.3. The monoisotopic (exact) mass is 404 g/mol. The Morgan fingerprint density at radius 1 is 1.14 bits per heavy atom. The highest BCUT2D eigenvalue weighted by molar-refractivity contribution is 5.87. The third kappa shape index (κ3) is 4.53. The molecule has 1 spiro atoms. The lowest BCUT2D eigenvalue weighted by Crippen LogP contribution is -2.44. The molecule has 3 aliphatic rings. The smallest absolute Gasteiger partial charge is 0.317 e. The molecule has 0 radical (unpaired) electrons. The van der Waals surface area contributed by atoms with Crippen LogP contribution in [0, 0.1) is 11.2 Å². The zero-order valence-electron chi connectivity index (χ0n) is 16.7. The van der Waals surface area contributed by atoms with Crippen LogP contribution in [-0.2, 0) is 16.1 Å². The normalized spacial score (nSPS) is 25.2. The van der Waals surface area contributed by atoms with Gasteiger partial charge in [-0.15, -0.1) is 0 Å². The summed E-state index contributed by atoms with van der Waals surface area (Å²) in [5, 5.41) is 2.85. The maximum absolute atomic E-state index is 13.3. The van der Waals surface area contributed by atoms with Crippen LogP contribution in [0.5, 0.6) is 0 Å². The van der Waals surface area contributed by atoms with Gasteiger partial charge in [-0.05, 0) is 30.5 Å². The second-order valence-electron chi connectivity index (χ2n) is 8.24. The zero-order valence-corrected chi connectivity index (χ0v) is 16.7. The maximum Gasteiger partial charge on any atom is 0.317 e. The molecule has 3 amide bonds. The molecule has 1 unspecified atom stereocenters. The summed E-state index contributed by atoms with van der Waals surface area (Å²) in [6.45, 7) is 7.08. The molecule has 4 rings (SSSR count). The summed E-state index contributed by atoms with van der Waals surface area (Å²) in [7, 11) is 0. The van der Waals surface area contributed by atoms with Gasteiger partial charge in [0.05, 0.1) is 18.6 Å². The first-order valence-corrected chi connectivity index (χ1v) is 10.4. The molecule has 8 heteroatoms. The van der Waals surface area contributed by atoms with Crippen LogP contribution in [0.3, 0.4) is 0 Å². The van der Waals surface area contributed by atoms with Crippen molar-refractivity contribution in [1.29, 1.82) is 0 Å². The van der Waals surface area contributed by atoms with Crippen molar-refractivity contribution in [3.63, 3.8) is 0 Å². The Hall–Kier alpha value is -2.19. The van der Waals surface area contributed by atoms with Crippen molar-refractivity contribution >= 4 is 11.9 Å². The number of nitrogens with zero attached hydrogens (tertiary/aromatic N) is 3. The van der Waals surface area contributed by atoms with E-state index in [9.17, 15) is 14.0 Å². The highest BCUT2D eigenvalue weighted by Crippen LogP contribution is 2.40. The lowest BCUT2D eigenvalue weighted by molar-refractivity contribution is -0.135. The standard InChI is InChI=1S/C21H29FN4O3/c22-18-3-1-2-17(14-18)15-23-20(28)26-7-5-21(16-26)4-6-25(19(21)27)9-8-24-10-12-29-13-11-24/h1-3,14H,4-13,15-16H2,(H,23,28). The lowest BCUT2D eigenvalue weighted by Gasteiger charge is -2.29. The van der Waals surface area contributed by atoms with E-state index in [-0.39, 0.29) is 24.3 Å². The van der Waals surface area contributed by atoms with Crippen molar-refractivity contribution in [1.82, 2.24) is 20.0 Å². The molecule has 3 fully saturated rings. The number of likely N-dealkylation sites (tertiary alicyclic amines) is 2. The Bertz CT molecular complexity index is 755. The van der Waals surface area contributed by atoms with Gasteiger partial charge in [0.2, 0.25) is 5.91 Å². The molecule has 3 heterocycles. The Morgan fingerprint density at radius 2 is 1.93 bits per heavy atom. The molecular weight excluding hydrogens is 375 g/mol. The number of amides is 3. The summed E-state index contributed by atoms with van der Waals surface area (Å²) < 4.78 is 18.7. The van der Waals surface area contributed by atoms with Crippen LogP contribution in [0.15, 0.2) is 24.3 Å². The molecule has 1 N–H and O–H groups in total. The van der Waals surface area contributed by atoms with E-state index in [2.05, 4.69) is 10.2 Å². The van der Waals surface area contributed by atoms with Gasteiger partial charge >= 0.3 is 6.03 Å². The third-order valence-corrected chi connectivity index (χ3v) is 6.36. The number of hydrogen-bond acceptors (Lipinski definition) is 4. The molecule has 0 bridgehead atoms. The quantitative estimate of drug-likeness (QED) is 0.803. The number of ether oxygens (including phenoxy) is 1. The summed E-state index contributed by atoms with van der Waals surface area (Å²) in [5.41, 5.74) is 0.291. The second-order valence-corrected chi connectivity index (χ2v) is 8.24. The van der Waals surface area contributed by atoms with Gasteiger partial charge in [-0.2, -0.15) is 0 Å². The minimum absolute atomic E-state index is 0.186. The molecule has 1 aromatic carbocycles. The second kappa shape index (κ2) is 8.67. The van der Waals surface area contributed by atoms with Gasteiger partial charge in [0.25, 0.3) is 0 Å². The molecule has 1 atom stereocenters. The summed E-state index contributed by atoms with van der Waals surface area (Å²) in [5.74, 6) is -0.128. The average Bonchev–Trinajstić information content (AvgIpc) is 3.30. The number of rotatable bonds is 5. The van der Waals surface area contributed by atoms with Crippen molar-refractivity contribution in [3.05, 3.63) is 35.6 Å². The average molecular weight is 404 g/mol. The molecule has 1 aromatic rings. The summed E-state index contributed by atoms with van der Waals surface area (Å²) in [6, 6.07) is 6.02. The fraction of sp³-hybridized carbons (Fsp3) is 0.619. The Labute approximate surface area is 170 Å². The predicted molar refractivity (Wildman–Crippen MR) is 106 cm³/mol. The van der Waals surface area contributed by atoms with Crippen LogP contribution in [0.25, 0.3) is 0 Å². The number of morpholine rings is 1. The van der Waals surface area contributed by atoms with Crippen LogP contribution in [0.2, 0.25) is 0 Å². The van der Waals surface area contributed by atoms with Crippen molar-refractivity contribution in [2.45, 2.75) is 19.4 Å². The highest BCUT2D eigenvalue weighted by atomic mass is 19.1. The van der Waals surface area contributed by atoms with Crippen molar-refractivity contribution < 1.29 is 18.7 Å². The Kier molecular flexibility index (Phi) is 6.01. The van der Waals surface area contributed by atoms with E-state index < -0.39 is 5.41 Å². The third-order valence-electron chi connectivity index (χ3n) is 6.36. The van der Waals surface area contributed by atoms with E-state index in [1.807, 2.05) is 4.90 Å². The number of carbonyl (C=O) groups is 2. The first-order valence-electron chi connectivity index (χ1n) is 10.4. The van der Waals surface area contributed by atoms with Crippen molar-refractivity contribution in [2.24, 2.45) is 5.41 Å². The maximum atomic E-state index is 13.3. The molecule has 0 aliphatic carbocycles. The molecule has 3 aliphatic heterocycles. The van der Waals surface area contributed by atoms with Crippen LogP contribution < -0.4 is 5.32 Å². The van der Waals surface area contributed by atoms with Gasteiger partial charge in [0.1, 0.15) is 5.82 Å². The van der Waals surface area contributed by atoms with Crippen molar-refractivity contribution in [2.75, 3.05) is 59.0 Å². The van der Waals surface area contributed by atoms with E-state index in [1.165, 1.54) is 12.1 Å². The van der Waals surface area contributed by atoms with Gasteiger partial charge in [-0.1, -0.05) is 12.1 Å². The van der Waals surface area contributed by atoms with Gasteiger partial charge in [0.15, 0.2) is 0 Å². The van der Waals surface area contributed by atoms with Gasteiger partial charge in [-0.25, -0.2) is 9.18 Å². The number of hydrogen-bond donors (Lipinski definition) is 1. The van der Waals surface area contributed by atoms with E-state index in [4.69, 9.17) is 4.74 Å². The summed E-state index contributed by atoms with van der Waals surface area (Å²) in [6.07, 6.45) is 1.52. The lowest BCUT2D eigenvalue weighted by atomic mass is 9.85. The Balaban J connectivity index is 1.26. The summed E-state index contributed by atoms with van der Waals surface area (Å²) >= 11 is 0. The minimum atomic E-state index is -0.429. The minimum Gasteiger partial charge on any atom is -0.379 e. The topological polar surface area (TPSA) is 65.1 Å². The summed E-state index contributed by atoms with van der Waals surface area (Å²) in [4.78, 5) is 31.6. The van der Waals surface area contributed by atoms with E-state index >= 15 is 0 Å². The van der Waals surface area contributed by atoms with Crippen LogP contribution in [0.4, 0.5) is 9.18 Å². The Morgan fingerprint density at radius 3 is 2.72 bits per heavy atom. The number of nitrogens with one attached hydrogen (secondary N) is 1. The van der Waals surface area contributed by atoms with Gasteiger partial charge in [0, 0.05) is 52.4 Å². The highest BCUT2D eigenvalue weighted by Gasteiger charge is 2.51. The molecule has 0 saturated carbocycles. The molecule has 0 aromatic heterocycles. The van der Waals surface area contributed by atoms with E-state index in [1.54, 1.807) is 17.0 Å². The largest absolute Gasteiger partial charge is 0.379 e. The van der Waals surface area contributed by atoms with Gasteiger partial charge < -0.3 is 19.9 Å². The number of carbonyl (C=O) groups excluding carboxylic acids is 2. The fourth-order valence-corrected chi connectivity index (χ4v) is 4.55. The van der Waals surface area contributed by atoms with E-state index in [0.29, 0.717) is 19.5 Å². The molecule has 7 nitrogen and oxygen atoms in total. The first-order chi connectivity index (χ1) is 14.1. The van der Waals surface area contributed by atoms with E-state index in [0.717, 1.165) is 57.9 Å². The van der Waals surface area contributed by atoms with Crippen LogP contribution >= 0.6 is 0 Å². The molecule has 29 heavy (non-hydrogen) atoms. The SMILES string of the molecule is O=C(NCc1cccc(F)c1)N1CCC2(CCN(CCN3CCOCC3)C2=O)C1. The number of halogens is 1. The fourth-order valence-electron chi connectivity index (χ4n) is 4.55. The molecule has 158 valence electrons. The van der Waals surface area contributed by atoms with Crippen LogP contribution in [0.1, 0.15) is 18.4 Å². The van der Waals surface area contributed by atoms with Crippen molar-refractivity contribution in [3.8, 4) is 0 Å². The first kappa shape index (κ1) is 20.1. The molecular formula is C21H29FN4O3.